The minimum absolute atomic E-state index is 0.165. The van der Waals surface area contributed by atoms with Crippen LogP contribution in [0.2, 0.25) is 0 Å². The molecule has 0 aromatic carbocycles. The Morgan fingerprint density at radius 2 is 2.27 bits per heavy atom. The quantitative estimate of drug-likeness (QED) is 0.733. The van der Waals surface area contributed by atoms with Gasteiger partial charge in [0.05, 0.1) is 6.54 Å². The van der Waals surface area contributed by atoms with Crippen LogP contribution in [0.15, 0.2) is 0 Å². The van der Waals surface area contributed by atoms with E-state index >= 15 is 0 Å². The topological polar surface area (TPSA) is 43.8 Å². The van der Waals surface area contributed by atoms with Gasteiger partial charge in [-0.15, -0.1) is 0 Å². The zero-order chi connectivity index (χ0) is 11.4. The van der Waals surface area contributed by atoms with Gasteiger partial charge in [0, 0.05) is 19.1 Å². The normalized spacial score (nSPS) is 22.9. The van der Waals surface area contributed by atoms with Crippen LogP contribution in [-0.2, 0) is 4.79 Å². The lowest BCUT2D eigenvalue weighted by molar-refractivity contribution is -0.138. The summed E-state index contributed by atoms with van der Waals surface area (Å²) in [6.07, 6.45) is 1.19. The van der Waals surface area contributed by atoms with E-state index in [1.807, 2.05) is 4.90 Å². The van der Waals surface area contributed by atoms with Crippen LogP contribution in [0, 0.1) is 5.92 Å². The zero-order valence-corrected chi connectivity index (χ0v) is 9.94. The first-order valence-electron chi connectivity index (χ1n) is 5.63. The van der Waals surface area contributed by atoms with Crippen LogP contribution in [0.25, 0.3) is 0 Å². The van der Waals surface area contributed by atoms with E-state index in [4.69, 9.17) is 5.11 Å². The molecule has 88 valence electrons. The van der Waals surface area contributed by atoms with E-state index in [2.05, 4.69) is 25.8 Å². The largest absolute Gasteiger partial charge is 0.480 e. The predicted octanol–water partition coefficient (Wildman–Crippen LogP) is 0.733. The van der Waals surface area contributed by atoms with Crippen molar-refractivity contribution in [3.05, 3.63) is 0 Å². The molecule has 0 saturated carbocycles. The molecule has 0 unspecified atom stereocenters. The van der Waals surface area contributed by atoms with Crippen LogP contribution in [-0.4, -0.2) is 60.1 Å². The van der Waals surface area contributed by atoms with Gasteiger partial charge < -0.3 is 10.0 Å². The predicted molar refractivity (Wildman–Crippen MR) is 59.9 cm³/mol. The van der Waals surface area contributed by atoms with Gasteiger partial charge in [-0.25, -0.2) is 0 Å². The van der Waals surface area contributed by atoms with E-state index < -0.39 is 5.97 Å². The molecule has 0 aliphatic carbocycles. The summed E-state index contributed by atoms with van der Waals surface area (Å²) in [5.74, 6) is -0.0909. The van der Waals surface area contributed by atoms with Crippen molar-refractivity contribution in [2.45, 2.75) is 26.3 Å². The molecule has 1 fully saturated rings. The molecule has 1 N–H and O–H groups in total. The number of hydrogen-bond acceptors (Lipinski definition) is 3. The average Bonchev–Trinajstić information content (AvgIpc) is 2.49. The molecule has 0 spiro atoms. The maximum atomic E-state index is 10.7. The molecule has 1 rings (SSSR count). The maximum Gasteiger partial charge on any atom is 0.317 e. The molecule has 1 saturated heterocycles. The van der Waals surface area contributed by atoms with Gasteiger partial charge in [0.1, 0.15) is 0 Å². The van der Waals surface area contributed by atoms with Gasteiger partial charge in [0.2, 0.25) is 0 Å². The molecule has 0 aromatic rings. The first-order valence-corrected chi connectivity index (χ1v) is 5.63. The molecule has 1 atom stereocenters. The van der Waals surface area contributed by atoms with Crippen molar-refractivity contribution in [1.29, 1.82) is 0 Å². The van der Waals surface area contributed by atoms with E-state index in [0.717, 1.165) is 19.6 Å². The highest BCUT2D eigenvalue weighted by Gasteiger charge is 2.24. The van der Waals surface area contributed by atoms with Gasteiger partial charge in [-0.1, -0.05) is 0 Å². The lowest BCUT2D eigenvalue weighted by Gasteiger charge is -2.27. The molecule has 4 heteroatoms. The van der Waals surface area contributed by atoms with Gasteiger partial charge in [-0.05, 0) is 39.8 Å². The number of aliphatic carboxylic acids is 1. The lowest BCUT2D eigenvalue weighted by Crippen LogP contribution is -2.39. The Hall–Kier alpha value is -0.610. The van der Waals surface area contributed by atoms with Crippen molar-refractivity contribution in [3.8, 4) is 0 Å². The Morgan fingerprint density at radius 3 is 2.67 bits per heavy atom. The van der Waals surface area contributed by atoms with Gasteiger partial charge in [-0.3, -0.25) is 9.69 Å². The second-order valence-corrected chi connectivity index (χ2v) is 4.83. The zero-order valence-electron chi connectivity index (χ0n) is 9.94. The summed E-state index contributed by atoms with van der Waals surface area (Å²) in [5.41, 5.74) is 0. The first kappa shape index (κ1) is 12.5. The van der Waals surface area contributed by atoms with E-state index in [1.54, 1.807) is 0 Å². The summed E-state index contributed by atoms with van der Waals surface area (Å²) < 4.78 is 0. The van der Waals surface area contributed by atoms with E-state index in [9.17, 15) is 4.79 Å². The molecule has 0 bridgehead atoms. The van der Waals surface area contributed by atoms with Crippen molar-refractivity contribution in [1.82, 2.24) is 9.80 Å². The van der Waals surface area contributed by atoms with E-state index in [1.165, 1.54) is 6.42 Å². The third-order valence-corrected chi connectivity index (χ3v) is 3.05. The van der Waals surface area contributed by atoms with Crippen LogP contribution >= 0.6 is 0 Å². The molecule has 1 aliphatic rings. The monoisotopic (exact) mass is 214 g/mol. The minimum Gasteiger partial charge on any atom is -0.480 e. The van der Waals surface area contributed by atoms with Crippen LogP contribution in [0.1, 0.15) is 20.3 Å². The Bertz CT molecular complexity index is 219. The number of nitrogens with zero attached hydrogens (tertiary/aromatic N) is 2. The summed E-state index contributed by atoms with van der Waals surface area (Å²) in [4.78, 5) is 15.1. The third-order valence-electron chi connectivity index (χ3n) is 3.05. The molecular formula is C11H22N2O2. The lowest BCUT2D eigenvalue weighted by atomic mass is 10.1. The van der Waals surface area contributed by atoms with Gasteiger partial charge in [0.25, 0.3) is 0 Å². The Labute approximate surface area is 91.9 Å². The van der Waals surface area contributed by atoms with Crippen molar-refractivity contribution >= 4 is 5.97 Å². The number of carboxylic acid groups (broad SMARTS) is 1. The van der Waals surface area contributed by atoms with Crippen molar-refractivity contribution in [2.24, 2.45) is 5.92 Å². The van der Waals surface area contributed by atoms with Crippen LogP contribution in [0.3, 0.4) is 0 Å². The summed E-state index contributed by atoms with van der Waals surface area (Å²) >= 11 is 0. The minimum atomic E-state index is -0.727. The molecule has 1 heterocycles. The van der Waals surface area contributed by atoms with Gasteiger partial charge in [-0.2, -0.15) is 0 Å². The Balaban J connectivity index is 2.40. The molecule has 15 heavy (non-hydrogen) atoms. The van der Waals surface area contributed by atoms with Crippen molar-refractivity contribution < 1.29 is 9.90 Å². The highest BCUT2D eigenvalue weighted by atomic mass is 16.4. The van der Waals surface area contributed by atoms with E-state index in [-0.39, 0.29) is 6.54 Å². The number of carbonyl (C=O) groups is 1. The fourth-order valence-corrected chi connectivity index (χ4v) is 2.14. The average molecular weight is 214 g/mol. The van der Waals surface area contributed by atoms with Gasteiger partial charge in [0.15, 0.2) is 0 Å². The molecule has 4 nitrogen and oxygen atoms in total. The van der Waals surface area contributed by atoms with Crippen LogP contribution in [0.4, 0.5) is 0 Å². The SMILES string of the molecule is CC(C)N(CC(=O)O)C[C@@H]1CCN(C)C1. The summed E-state index contributed by atoms with van der Waals surface area (Å²) in [6.45, 7) is 7.43. The number of rotatable bonds is 5. The third kappa shape index (κ3) is 4.18. The summed E-state index contributed by atoms with van der Waals surface area (Å²) in [5, 5.41) is 8.81. The van der Waals surface area contributed by atoms with Crippen LogP contribution < -0.4 is 0 Å². The van der Waals surface area contributed by atoms with E-state index in [0.29, 0.717) is 12.0 Å². The second-order valence-electron chi connectivity index (χ2n) is 4.83. The first-order chi connectivity index (χ1) is 6.99. The van der Waals surface area contributed by atoms with Crippen molar-refractivity contribution in [2.75, 3.05) is 33.2 Å². The standard InChI is InChI=1S/C11H22N2O2/c1-9(2)13(8-11(14)15)7-10-4-5-12(3)6-10/h9-10H,4-8H2,1-3H3,(H,14,15)/t10-/m1/s1. The van der Waals surface area contributed by atoms with Crippen LogP contribution in [0.5, 0.6) is 0 Å². The molecule has 0 radical (unpaired) electrons. The molecule has 1 aliphatic heterocycles. The maximum absolute atomic E-state index is 10.7. The summed E-state index contributed by atoms with van der Waals surface area (Å²) in [7, 11) is 2.12. The number of carboxylic acids is 1. The highest BCUT2D eigenvalue weighted by molar-refractivity contribution is 5.69. The second kappa shape index (κ2) is 5.47. The number of likely N-dealkylation sites (tertiary alicyclic amines) is 1. The smallest absolute Gasteiger partial charge is 0.317 e. The molecule has 0 amide bonds. The van der Waals surface area contributed by atoms with Gasteiger partial charge >= 0.3 is 5.97 Å². The summed E-state index contributed by atoms with van der Waals surface area (Å²) in [6, 6.07) is 0.312. The number of hydrogen-bond donors (Lipinski definition) is 1. The fourth-order valence-electron chi connectivity index (χ4n) is 2.14. The fraction of sp³-hybridized carbons (Fsp3) is 0.909. The van der Waals surface area contributed by atoms with Crippen molar-refractivity contribution in [3.63, 3.8) is 0 Å². The molecular weight excluding hydrogens is 192 g/mol. The molecule has 0 aromatic heterocycles. The highest BCUT2D eigenvalue weighted by Crippen LogP contribution is 2.16. The Kier molecular flexibility index (Phi) is 4.54. The Morgan fingerprint density at radius 1 is 1.60 bits per heavy atom.